The Morgan fingerprint density at radius 1 is 1.43 bits per heavy atom. The van der Waals surface area contributed by atoms with E-state index in [0.29, 0.717) is 0 Å². The molecular weight excluding hydrogens is 176 g/mol. The summed E-state index contributed by atoms with van der Waals surface area (Å²) in [5, 5.41) is 0. The lowest BCUT2D eigenvalue weighted by atomic mass is 10.1. The van der Waals surface area contributed by atoms with Gasteiger partial charge in [0.05, 0.1) is 12.7 Å². The van der Waals surface area contributed by atoms with Crippen LogP contribution in [0.5, 0.6) is 5.75 Å². The molecule has 1 aromatic rings. The van der Waals surface area contributed by atoms with Gasteiger partial charge in [0.25, 0.3) is 0 Å². The Bertz CT molecular complexity index is 327. The molecule has 0 N–H and O–H groups in total. The number of para-hydroxylation sites is 1. The van der Waals surface area contributed by atoms with E-state index in [1.54, 1.807) is 0 Å². The molecule has 1 heterocycles. The number of benzene rings is 1. The van der Waals surface area contributed by atoms with Crippen LogP contribution in [0.15, 0.2) is 18.2 Å². The van der Waals surface area contributed by atoms with E-state index in [1.807, 2.05) is 13.8 Å². The van der Waals surface area contributed by atoms with E-state index < -0.39 is 0 Å². The molecule has 2 rings (SSSR count). The van der Waals surface area contributed by atoms with Gasteiger partial charge < -0.3 is 9.47 Å². The molecule has 0 amide bonds. The van der Waals surface area contributed by atoms with Gasteiger partial charge in [-0.15, -0.1) is 0 Å². The predicted octanol–water partition coefficient (Wildman–Crippen LogP) is 2.85. The maximum absolute atomic E-state index is 5.80. The summed E-state index contributed by atoms with van der Waals surface area (Å²) < 4.78 is 11.1. The lowest BCUT2D eigenvalue weighted by Crippen LogP contribution is -2.08. The van der Waals surface area contributed by atoms with Crippen molar-refractivity contribution in [3.63, 3.8) is 0 Å². The van der Waals surface area contributed by atoms with Gasteiger partial charge >= 0.3 is 0 Å². The molecular formula is C12H16O2. The number of aryl methyl sites for hydroxylation is 1. The first-order valence-corrected chi connectivity index (χ1v) is 5.06. The summed E-state index contributed by atoms with van der Waals surface area (Å²) in [6.45, 7) is 7.00. The third-order valence-electron chi connectivity index (χ3n) is 2.28. The molecule has 76 valence electrons. The predicted molar refractivity (Wildman–Crippen MR) is 55.6 cm³/mol. The maximum atomic E-state index is 5.80. The fourth-order valence-electron chi connectivity index (χ4n) is 1.55. The second-order valence-electron chi connectivity index (χ2n) is 3.98. The van der Waals surface area contributed by atoms with Gasteiger partial charge in [0, 0.05) is 5.56 Å². The van der Waals surface area contributed by atoms with Gasteiger partial charge in [-0.2, -0.15) is 0 Å². The molecule has 2 heteroatoms. The van der Waals surface area contributed by atoms with Crippen LogP contribution in [-0.2, 0) is 4.74 Å². The summed E-state index contributed by atoms with van der Waals surface area (Å²) in [6, 6.07) is 6.21. The molecule has 1 aliphatic heterocycles. The number of rotatable bonds is 3. The molecule has 0 bridgehead atoms. The zero-order valence-corrected chi connectivity index (χ0v) is 8.91. The van der Waals surface area contributed by atoms with E-state index in [1.165, 1.54) is 11.1 Å². The minimum Gasteiger partial charge on any atom is -0.490 e. The van der Waals surface area contributed by atoms with Crippen molar-refractivity contribution in [1.82, 2.24) is 0 Å². The molecule has 0 aromatic heterocycles. The van der Waals surface area contributed by atoms with Gasteiger partial charge in [0.15, 0.2) is 0 Å². The first-order chi connectivity index (χ1) is 6.68. The van der Waals surface area contributed by atoms with Crippen LogP contribution in [-0.4, -0.2) is 12.7 Å². The van der Waals surface area contributed by atoms with E-state index in [2.05, 4.69) is 25.1 Å². The highest BCUT2D eigenvalue weighted by Gasteiger charge is 2.28. The minimum absolute atomic E-state index is 0.216. The van der Waals surface area contributed by atoms with Crippen molar-refractivity contribution >= 4 is 0 Å². The van der Waals surface area contributed by atoms with Gasteiger partial charge in [-0.05, 0) is 26.3 Å². The number of hydrogen-bond donors (Lipinski definition) is 0. The lowest BCUT2D eigenvalue weighted by Gasteiger charge is -2.15. The average molecular weight is 192 g/mol. The van der Waals surface area contributed by atoms with Gasteiger partial charge in [-0.1, -0.05) is 18.2 Å². The Morgan fingerprint density at radius 2 is 2.14 bits per heavy atom. The highest BCUT2D eigenvalue weighted by Crippen LogP contribution is 2.38. The molecule has 1 aromatic carbocycles. The molecule has 1 aliphatic rings. The zero-order chi connectivity index (χ0) is 10.1. The first kappa shape index (κ1) is 9.53. The molecule has 0 aliphatic carbocycles. The van der Waals surface area contributed by atoms with Crippen molar-refractivity contribution in [3.05, 3.63) is 29.3 Å². The Morgan fingerprint density at radius 3 is 2.71 bits per heavy atom. The normalized spacial score (nSPS) is 19.9. The standard InChI is InChI=1S/C12H16O2/c1-8(2)14-12-9(3)5-4-6-10(12)11-7-13-11/h4-6,8,11H,7H2,1-3H3. The van der Waals surface area contributed by atoms with Crippen LogP contribution in [0.25, 0.3) is 0 Å². The molecule has 14 heavy (non-hydrogen) atoms. The lowest BCUT2D eigenvalue weighted by molar-refractivity contribution is 0.236. The molecule has 1 saturated heterocycles. The molecule has 1 atom stereocenters. The molecule has 0 spiro atoms. The van der Waals surface area contributed by atoms with E-state index >= 15 is 0 Å². The smallest absolute Gasteiger partial charge is 0.128 e. The second kappa shape index (κ2) is 3.62. The van der Waals surface area contributed by atoms with Crippen molar-refractivity contribution in [2.45, 2.75) is 33.0 Å². The Hall–Kier alpha value is -1.02. The quantitative estimate of drug-likeness (QED) is 0.687. The molecule has 0 saturated carbocycles. The fourth-order valence-corrected chi connectivity index (χ4v) is 1.55. The number of hydrogen-bond acceptors (Lipinski definition) is 2. The van der Waals surface area contributed by atoms with Gasteiger partial charge in [0.2, 0.25) is 0 Å². The SMILES string of the molecule is Cc1cccc(C2CO2)c1OC(C)C. The molecule has 2 nitrogen and oxygen atoms in total. The zero-order valence-electron chi connectivity index (χ0n) is 8.91. The highest BCUT2D eigenvalue weighted by molar-refractivity contribution is 5.43. The average Bonchev–Trinajstić information content (AvgIpc) is 2.90. The monoisotopic (exact) mass is 192 g/mol. The summed E-state index contributed by atoms with van der Waals surface area (Å²) in [4.78, 5) is 0. The van der Waals surface area contributed by atoms with E-state index in [4.69, 9.17) is 9.47 Å². The summed E-state index contributed by atoms with van der Waals surface area (Å²) in [5.74, 6) is 1.00. The van der Waals surface area contributed by atoms with Crippen LogP contribution in [0, 0.1) is 6.92 Å². The summed E-state index contributed by atoms with van der Waals surface area (Å²) in [5.41, 5.74) is 2.38. The Kier molecular flexibility index (Phi) is 2.46. The third-order valence-corrected chi connectivity index (χ3v) is 2.28. The van der Waals surface area contributed by atoms with Gasteiger partial charge in [-0.3, -0.25) is 0 Å². The van der Waals surface area contributed by atoms with E-state index in [0.717, 1.165) is 12.4 Å². The number of epoxide rings is 1. The Labute approximate surface area is 84.8 Å². The molecule has 1 fully saturated rings. The fraction of sp³-hybridized carbons (Fsp3) is 0.500. The maximum Gasteiger partial charge on any atom is 0.128 e. The molecule has 1 unspecified atom stereocenters. The minimum atomic E-state index is 0.216. The van der Waals surface area contributed by atoms with Crippen LogP contribution in [0.1, 0.15) is 31.1 Å². The van der Waals surface area contributed by atoms with Crippen LogP contribution in [0.4, 0.5) is 0 Å². The van der Waals surface area contributed by atoms with Crippen molar-refractivity contribution in [1.29, 1.82) is 0 Å². The van der Waals surface area contributed by atoms with Crippen LogP contribution in [0.2, 0.25) is 0 Å². The summed E-state index contributed by atoms with van der Waals surface area (Å²) in [7, 11) is 0. The first-order valence-electron chi connectivity index (χ1n) is 5.06. The van der Waals surface area contributed by atoms with Gasteiger partial charge in [-0.25, -0.2) is 0 Å². The molecule has 0 radical (unpaired) electrons. The largest absolute Gasteiger partial charge is 0.490 e. The van der Waals surface area contributed by atoms with Crippen molar-refractivity contribution in [2.75, 3.05) is 6.61 Å². The summed E-state index contributed by atoms with van der Waals surface area (Å²) >= 11 is 0. The second-order valence-corrected chi connectivity index (χ2v) is 3.98. The van der Waals surface area contributed by atoms with Crippen molar-refractivity contribution < 1.29 is 9.47 Å². The van der Waals surface area contributed by atoms with Crippen LogP contribution in [0.3, 0.4) is 0 Å². The topological polar surface area (TPSA) is 21.8 Å². The van der Waals surface area contributed by atoms with E-state index in [-0.39, 0.29) is 12.2 Å². The third kappa shape index (κ3) is 1.90. The van der Waals surface area contributed by atoms with Crippen molar-refractivity contribution in [2.24, 2.45) is 0 Å². The van der Waals surface area contributed by atoms with Crippen LogP contribution >= 0.6 is 0 Å². The van der Waals surface area contributed by atoms with E-state index in [9.17, 15) is 0 Å². The van der Waals surface area contributed by atoms with Crippen LogP contribution < -0.4 is 4.74 Å². The Balaban J connectivity index is 2.32. The van der Waals surface area contributed by atoms with Gasteiger partial charge in [0.1, 0.15) is 11.9 Å². The summed E-state index contributed by atoms with van der Waals surface area (Å²) in [6.07, 6.45) is 0.484. The highest BCUT2D eigenvalue weighted by atomic mass is 16.6. The number of ether oxygens (including phenoxy) is 2. The van der Waals surface area contributed by atoms with Crippen molar-refractivity contribution in [3.8, 4) is 5.75 Å².